The molecule has 0 amide bonds. The van der Waals surface area contributed by atoms with E-state index in [1.54, 1.807) is 32.0 Å². The number of aliphatic hydroxyl groups excluding tert-OH is 1. The Balaban J connectivity index is 3.23. The molecule has 1 N–H and O–H groups in total. The van der Waals surface area contributed by atoms with Crippen LogP contribution in [-0.2, 0) is 0 Å². The van der Waals surface area contributed by atoms with Crippen molar-refractivity contribution in [3.63, 3.8) is 0 Å². The average Bonchev–Trinajstić information content (AvgIpc) is 2.32. The molecule has 0 aliphatic carbocycles. The molecule has 0 saturated heterocycles. The first-order chi connectivity index (χ1) is 8.86. The standard InChI is InChI=1S/C14H18BrNO3/c1-5-19-13-7-10(15)6-11(9(13)2)14(18)12(17)8-16(3)4/h6-8,17H,5H2,1-4H3/b12-8-. The van der Waals surface area contributed by atoms with E-state index in [4.69, 9.17) is 4.74 Å². The lowest BCUT2D eigenvalue weighted by Crippen LogP contribution is -2.11. The third kappa shape index (κ3) is 3.99. The molecule has 0 atom stereocenters. The number of nitrogens with zero attached hydrogens (tertiary/aromatic N) is 1. The Hall–Kier alpha value is -1.49. The van der Waals surface area contributed by atoms with Gasteiger partial charge in [-0.05, 0) is 26.0 Å². The van der Waals surface area contributed by atoms with Crippen LogP contribution < -0.4 is 4.74 Å². The topological polar surface area (TPSA) is 49.8 Å². The molecule has 0 fully saturated rings. The molecule has 0 unspecified atom stereocenters. The molecule has 0 aliphatic heterocycles. The smallest absolute Gasteiger partial charge is 0.229 e. The second kappa shape index (κ2) is 6.61. The van der Waals surface area contributed by atoms with Crippen LogP contribution >= 0.6 is 15.9 Å². The highest BCUT2D eigenvalue weighted by Gasteiger charge is 2.17. The van der Waals surface area contributed by atoms with Gasteiger partial charge in [0.2, 0.25) is 5.78 Å². The Labute approximate surface area is 121 Å². The first kappa shape index (κ1) is 15.6. The largest absolute Gasteiger partial charge is 0.503 e. The normalized spacial score (nSPS) is 11.3. The van der Waals surface area contributed by atoms with Crippen molar-refractivity contribution in [3.05, 3.63) is 39.7 Å². The van der Waals surface area contributed by atoms with E-state index >= 15 is 0 Å². The maximum absolute atomic E-state index is 12.2. The number of carbonyl (C=O) groups is 1. The molecule has 4 nitrogen and oxygen atoms in total. The Bertz CT molecular complexity index is 510. The number of ketones is 1. The zero-order chi connectivity index (χ0) is 14.6. The van der Waals surface area contributed by atoms with E-state index < -0.39 is 5.78 Å². The van der Waals surface area contributed by atoms with Gasteiger partial charge in [-0.3, -0.25) is 4.79 Å². The van der Waals surface area contributed by atoms with Crippen molar-refractivity contribution in [2.45, 2.75) is 13.8 Å². The number of Topliss-reactive ketones (excluding diaryl/α,β-unsaturated/α-hetero) is 1. The van der Waals surface area contributed by atoms with Gasteiger partial charge >= 0.3 is 0 Å². The van der Waals surface area contributed by atoms with Gasteiger partial charge in [0.25, 0.3) is 0 Å². The van der Waals surface area contributed by atoms with Crippen molar-refractivity contribution < 1.29 is 14.6 Å². The van der Waals surface area contributed by atoms with E-state index in [0.717, 1.165) is 4.47 Å². The Morgan fingerprint density at radius 3 is 2.63 bits per heavy atom. The van der Waals surface area contributed by atoms with E-state index in [-0.39, 0.29) is 5.76 Å². The quantitative estimate of drug-likeness (QED) is 0.512. The highest BCUT2D eigenvalue weighted by Crippen LogP contribution is 2.28. The number of halogens is 1. The molecule has 0 aromatic heterocycles. The fourth-order valence-electron chi connectivity index (χ4n) is 1.64. The predicted molar refractivity (Wildman–Crippen MR) is 78.8 cm³/mol. The van der Waals surface area contributed by atoms with Crippen LogP contribution in [0.3, 0.4) is 0 Å². The van der Waals surface area contributed by atoms with Crippen molar-refractivity contribution in [1.29, 1.82) is 0 Å². The van der Waals surface area contributed by atoms with Crippen LogP contribution in [0.25, 0.3) is 0 Å². The SMILES string of the molecule is CCOc1cc(Br)cc(C(=O)/C(O)=C/N(C)C)c1C. The molecule has 5 heteroatoms. The lowest BCUT2D eigenvalue weighted by molar-refractivity contribution is 0.0972. The predicted octanol–water partition coefficient (Wildman–Crippen LogP) is 3.30. The molecule has 1 aromatic carbocycles. The van der Waals surface area contributed by atoms with Crippen molar-refractivity contribution in [3.8, 4) is 5.75 Å². The van der Waals surface area contributed by atoms with Crippen LogP contribution in [0.15, 0.2) is 28.6 Å². The monoisotopic (exact) mass is 327 g/mol. The summed E-state index contributed by atoms with van der Waals surface area (Å²) < 4.78 is 6.21. The molecule has 1 aromatic rings. The second-order valence-electron chi connectivity index (χ2n) is 4.32. The highest BCUT2D eigenvalue weighted by molar-refractivity contribution is 9.10. The van der Waals surface area contributed by atoms with E-state index in [1.807, 2.05) is 13.0 Å². The van der Waals surface area contributed by atoms with Gasteiger partial charge in [-0.2, -0.15) is 0 Å². The molecule has 0 aliphatic rings. The summed E-state index contributed by atoms with van der Waals surface area (Å²) in [6.07, 6.45) is 1.38. The number of allylic oxidation sites excluding steroid dienone is 1. The van der Waals surface area contributed by atoms with Gasteiger partial charge in [0.05, 0.1) is 6.61 Å². The number of benzene rings is 1. The van der Waals surface area contributed by atoms with Gasteiger partial charge in [0.1, 0.15) is 5.75 Å². The highest BCUT2D eigenvalue weighted by atomic mass is 79.9. The zero-order valence-electron chi connectivity index (χ0n) is 11.5. The van der Waals surface area contributed by atoms with E-state index in [2.05, 4.69) is 15.9 Å². The minimum absolute atomic E-state index is 0.298. The minimum Gasteiger partial charge on any atom is -0.503 e. The first-order valence-corrected chi connectivity index (χ1v) is 6.71. The zero-order valence-corrected chi connectivity index (χ0v) is 13.1. The molecule has 104 valence electrons. The van der Waals surface area contributed by atoms with Crippen molar-refractivity contribution >= 4 is 21.7 Å². The van der Waals surface area contributed by atoms with Crippen molar-refractivity contribution in [1.82, 2.24) is 4.90 Å². The molecule has 19 heavy (non-hydrogen) atoms. The molecular formula is C14H18BrNO3. The van der Waals surface area contributed by atoms with Crippen molar-refractivity contribution in [2.75, 3.05) is 20.7 Å². The molecule has 0 bridgehead atoms. The fourth-order valence-corrected chi connectivity index (χ4v) is 2.07. The number of ether oxygens (including phenoxy) is 1. The van der Waals surface area contributed by atoms with Crippen molar-refractivity contribution in [2.24, 2.45) is 0 Å². The Kier molecular flexibility index (Phi) is 5.42. The average molecular weight is 328 g/mol. The first-order valence-electron chi connectivity index (χ1n) is 5.91. The van der Waals surface area contributed by atoms with Gasteiger partial charge in [-0.1, -0.05) is 15.9 Å². The summed E-state index contributed by atoms with van der Waals surface area (Å²) in [5.74, 6) is -0.0834. The third-order valence-electron chi connectivity index (χ3n) is 2.48. The summed E-state index contributed by atoms with van der Waals surface area (Å²) in [5.41, 5.74) is 1.14. The molecule has 0 spiro atoms. The summed E-state index contributed by atoms with van der Waals surface area (Å²) in [6, 6.07) is 3.49. The van der Waals surface area contributed by atoms with Crippen LogP contribution in [0.5, 0.6) is 5.75 Å². The van der Waals surface area contributed by atoms with Crippen LogP contribution in [0.1, 0.15) is 22.8 Å². The summed E-state index contributed by atoms with van der Waals surface area (Å²) >= 11 is 3.34. The van der Waals surface area contributed by atoms with Crippen LogP contribution in [0.2, 0.25) is 0 Å². The molecule has 1 rings (SSSR count). The van der Waals surface area contributed by atoms with Gasteiger partial charge in [0, 0.05) is 35.9 Å². The fraction of sp³-hybridized carbons (Fsp3) is 0.357. The maximum atomic E-state index is 12.2. The molecular weight excluding hydrogens is 310 g/mol. The molecule has 0 radical (unpaired) electrons. The van der Waals surface area contributed by atoms with Gasteiger partial charge < -0.3 is 14.7 Å². The van der Waals surface area contributed by atoms with Crippen LogP contribution in [0.4, 0.5) is 0 Å². The Morgan fingerprint density at radius 1 is 1.47 bits per heavy atom. The van der Waals surface area contributed by atoms with Gasteiger partial charge in [-0.25, -0.2) is 0 Å². The van der Waals surface area contributed by atoms with E-state index in [9.17, 15) is 9.90 Å². The second-order valence-corrected chi connectivity index (χ2v) is 5.23. The molecule has 0 heterocycles. The van der Waals surface area contributed by atoms with Crippen LogP contribution in [0, 0.1) is 6.92 Å². The number of carbonyl (C=O) groups excluding carboxylic acids is 1. The van der Waals surface area contributed by atoms with Crippen LogP contribution in [-0.4, -0.2) is 36.5 Å². The number of aliphatic hydroxyl groups is 1. The molecule has 0 saturated carbocycles. The number of hydrogen-bond donors (Lipinski definition) is 1. The van der Waals surface area contributed by atoms with E-state index in [1.165, 1.54) is 6.20 Å². The summed E-state index contributed by atoms with van der Waals surface area (Å²) in [4.78, 5) is 13.8. The lowest BCUT2D eigenvalue weighted by Gasteiger charge is -2.12. The maximum Gasteiger partial charge on any atom is 0.229 e. The third-order valence-corrected chi connectivity index (χ3v) is 2.94. The minimum atomic E-state index is -0.423. The number of hydrogen-bond acceptors (Lipinski definition) is 4. The Morgan fingerprint density at radius 2 is 2.11 bits per heavy atom. The van der Waals surface area contributed by atoms with E-state index in [0.29, 0.717) is 23.5 Å². The lowest BCUT2D eigenvalue weighted by atomic mass is 10.0. The summed E-state index contributed by atoms with van der Waals surface area (Å²) in [7, 11) is 3.48. The summed E-state index contributed by atoms with van der Waals surface area (Å²) in [5, 5.41) is 9.79. The van der Waals surface area contributed by atoms with Gasteiger partial charge in [-0.15, -0.1) is 0 Å². The number of rotatable bonds is 5. The summed E-state index contributed by atoms with van der Waals surface area (Å²) in [6.45, 7) is 4.20. The van der Waals surface area contributed by atoms with Gasteiger partial charge in [0.15, 0.2) is 5.76 Å².